The largest absolute Gasteiger partial charge is 0.443 e. The van der Waals surface area contributed by atoms with Gasteiger partial charge in [-0.1, -0.05) is 13.8 Å². The highest BCUT2D eigenvalue weighted by Gasteiger charge is 2.44. The van der Waals surface area contributed by atoms with Gasteiger partial charge in [-0.05, 0) is 31.6 Å². The highest BCUT2D eigenvalue weighted by Crippen LogP contribution is 2.33. The van der Waals surface area contributed by atoms with Gasteiger partial charge in [0.05, 0.1) is 25.2 Å². The molecular weight excluding hydrogens is 392 g/mol. The zero-order chi connectivity index (χ0) is 21.7. The number of alkyl carbamates (subject to hydrolysis) is 1. The van der Waals surface area contributed by atoms with Crippen LogP contribution in [0.25, 0.3) is 0 Å². The maximum absolute atomic E-state index is 12.8. The molecule has 3 N–H and O–H groups in total. The summed E-state index contributed by atoms with van der Waals surface area (Å²) in [6.07, 6.45) is 0.601. The van der Waals surface area contributed by atoms with Crippen LogP contribution in [-0.4, -0.2) is 62.1 Å². The van der Waals surface area contributed by atoms with Crippen molar-refractivity contribution in [1.29, 1.82) is 5.26 Å². The Labute approximate surface area is 176 Å². The SMILES string of the molecule is CC(C)C[C@H](NC(=O)O[C@H]1CO[C@H]2OCC[C@H]21)C(=O)N[C@H](C#N)C[C@@H]1CCNC1=O. The third kappa shape index (κ3) is 5.61. The molecule has 10 heteroatoms. The molecule has 3 saturated heterocycles. The monoisotopic (exact) mass is 422 g/mol. The number of hydrogen-bond donors (Lipinski definition) is 3. The zero-order valence-corrected chi connectivity index (χ0v) is 17.4. The average molecular weight is 422 g/mol. The topological polar surface area (TPSA) is 139 Å². The quantitative estimate of drug-likeness (QED) is 0.515. The first-order chi connectivity index (χ1) is 14.4. The van der Waals surface area contributed by atoms with Gasteiger partial charge in [0.2, 0.25) is 11.8 Å². The first-order valence-electron chi connectivity index (χ1n) is 10.6. The van der Waals surface area contributed by atoms with E-state index in [1.54, 1.807) is 0 Å². The highest BCUT2D eigenvalue weighted by atomic mass is 16.7. The minimum atomic E-state index is -0.844. The van der Waals surface area contributed by atoms with Gasteiger partial charge in [-0.2, -0.15) is 5.26 Å². The lowest BCUT2D eigenvalue weighted by Crippen LogP contribution is -2.51. The van der Waals surface area contributed by atoms with Crippen LogP contribution in [0.5, 0.6) is 0 Å². The third-order valence-electron chi connectivity index (χ3n) is 5.71. The highest BCUT2D eigenvalue weighted by molar-refractivity contribution is 5.86. The Morgan fingerprint density at radius 3 is 2.77 bits per heavy atom. The number of nitrogens with zero attached hydrogens (tertiary/aromatic N) is 1. The van der Waals surface area contributed by atoms with Crippen LogP contribution in [0, 0.1) is 29.1 Å². The maximum atomic E-state index is 12.8. The average Bonchev–Trinajstić information content (AvgIpc) is 3.40. The zero-order valence-electron chi connectivity index (χ0n) is 17.4. The van der Waals surface area contributed by atoms with Crippen LogP contribution in [0.4, 0.5) is 4.79 Å². The molecule has 0 bridgehead atoms. The van der Waals surface area contributed by atoms with Crippen LogP contribution in [0.3, 0.4) is 0 Å². The summed E-state index contributed by atoms with van der Waals surface area (Å²) in [4.78, 5) is 37.0. The van der Waals surface area contributed by atoms with Gasteiger partial charge in [0.1, 0.15) is 18.2 Å². The fourth-order valence-electron chi connectivity index (χ4n) is 4.13. The number of nitrogens with one attached hydrogen (secondary N) is 3. The van der Waals surface area contributed by atoms with Crippen LogP contribution >= 0.6 is 0 Å². The minimum absolute atomic E-state index is 0.00801. The van der Waals surface area contributed by atoms with E-state index in [0.717, 1.165) is 6.42 Å². The van der Waals surface area contributed by atoms with Gasteiger partial charge in [-0.15, -0.1) is 0 Å². The van der Waals surface area contributed by atoms with E-state index in [2.05, 4.69) is 16.0 Å². The normalized spacial score (nSPS) is 29.6. The number of fused-ring (bicyclic) bond motifs is 1. The number of amides is 3. The lowest BCUT2D eigenvalue weighted by Gasteiger charge is -2.23. The molecule has 0 radical (unpaired) electrons. The first kappa shape index (κ1) is 22.3. The van der Waals surface area contributed by atoms with Crippen LogP contribution in [-0.2, 0) is 23.8 Å². The van der Waals surface area contributed by atoms with Crippen molar-refractivity contribution in [1.82, 2.24) is 16.0 Å². The summed E-state index contributed by atoms with van der Waals surface area (Å²) in [5.41, 5.74) is 0. The molecular formula is C20H30N4O6. The summed E-state index contributed by atoms with van der Waals surface area (Å²) in [6.45, 7) is 5.29. The Morgan fingerprint density at radius 1 is 1.30 bits per heavy atom. The standard InChI is InChI=1S/C20H30N4O6/c1-11(2)7-15(18(26)23-13(9-21)8-12-3-5-22-17(12)25)24-20(27)30-16-10-29-19-14(16)4-6-28-19/h11-16,19H,3-8,10H2,1-2H3,(H,22,25)(H,23,26)(H,24,27)/t12-,13-,14-,15-,16-,19+/m0/s1. The van der Waals surface area contributed by atoms with Crippen molar-refractivity contribution in [2.45, 2.75) is 64.0 Å². The predicted molar refractivity (Wildman–Crippen MR) is 104 cm³/mol. The second-order valence-electron chi connectivity index (χ2n) is 8.50. The fraction of sp³-hybridized carbons (Fsp3) is 0.800. The summed E-state index contributed by atoms with van der Waals surface area (Å²) in [6, 6.07) is 0.389. The molecule has 0 unspecified atom stereocenters. The van der Waals surface area contributed by atoms with Crippen LogP contribution < -0.4 is 16.0 Å². The Balaban J connectivity index is 1.54. The van der Waals surface area contributed by atoms with Gasteiger partial charge in [0, 0.05) is 12.5 Å². The summed E-state index contributed by atoms with van der Waals surface area (Å²) >= 11 is 0. The van der Waals surface area contributed by atoms with E-state index in [-0.39, 0.29) is 43.0 Å². The Bertz CT molecular complexity index is 693. The molecule has 3 aliphatic heterocycles. The van der Waals surface area contributed by atoms with Crippen LogP contribution in [0.2, 0.25) is 0 Å². The number of carbonyl (C=O) groups is 3. The number of carbonyl (C=O) groups excluding carboxylic acids is 3. The molecule has 30 heavy (non-hydrogen) atoms. The molecule has 0 saturated carbocycles. The lowest BCUT2D eigenvalue weighted by atomic mass is 9.98. The van der Waals surface area contributed by atoms with Crippen molar-refractivity contribution in [3.05, 3.63) is 0 Å². The molecule has 10 nitrogen and oxygen atoms in total. The van der Waals surface area contributed by atoms with Crippen molar-refractivity contribution < 1.29 is 28.6 Å². The maximum Gasteiger partial charge on any atom is 0.408 e. The summed E-state index contributed by atoms with van der Waals surface area (Å²) in [5, 5.41) is 17.4. The number of rotatable bonds is 8. The lowest BCUT2D eigenvalue weighted by molar-refractivity contribution is -0.125. The molecule has 3 heterocycles. The van der Waals surface area contributed by atoms with Crippen LogP contribution in [0.15, 0.2) is 0 Å². The number of hydrogen-bond acceptors (Lipinski definition) is 7. The number of ether oxygens (including phenoxy) is 3. The van der Waals surface area contributed by atoms with Crippen molar-refractivity contribution >= 4 is 17.9 Å². The van der Waals surface area contributed by atoms with Gasteiger partial charge < -0.3 is 30.2 Å². The van der Waals surface area contributed by atoms with E-state index in [0.29, 0.717) is 26.0 Å². The summed E-state index contributed by atoms with van der Waals surface area (Å²) < 4.78 is 16.4. The Morgan fingerprint density at radius 2 is 2.10 bits per heavy atom. The van der Waals surface area contributed by atoms with Crippen molar-refractivity contribution in [2.75, 3.05) is 19.8 Å². The van der Waals surface area contributed by atoms with Gasteiger partial charge in [0.15, 0.2) is 6.29 Å². The predicted octanol–water partition coefficient (Wildman–Crippen LogP) is 0.423. The molecule has 0 aromatic rings. The van der Waals surface area contributed by atoms with E-state index in [9.17, 15) is 19.6 Å². The van der Waals surface area contributed by atoms with E-state index in [1.165, 1.54) is 0 Å². The van der Waals surface area contributed by atoms with Crippen molar-refractivity contribution in [2.24, 2.45) is 17.8 Å². The van der Waals surface area contributed by atoms with E-state index < -0.39 is 30.2 Å². The molecule has 166 valence electrons. The Hall–Kier alpha value is -2.38. The molecule has 3 aliphatic rings. The number of nitriles is 1. The van der Waals surface area contributed by atoms with E-state index >= 15 is 0 Å². The van der Waals surface area contributed by atoms with Crippen molar-refractivity contribution in [3.63, 3.8) is 0 Å². The molecule has 3 amide bonds. The molecule has 3 fully saturated rings. The van der Waals surface area contributed by atoms with Crippen LogP contribution in [0.1, 0.15) is 39.5 Å². The second-order valence-corrected chi connectivity index (χ2v) is 8.50. The summed E-state index contributed by atoms with van der Waals surface area (Å²) in [7, 11) is 0. The van der Waals surface area contributed by atoms with Crippen molar-refractivity contribution in [3.8, 4) is 6.07 Å². The fourth-order valence-corrected chi connectivity index (χ4v) is 4.13. The third-order valence-corrected chi connectivity index (χ3v) is 5.71. The first-order valence-corrected chi connectivity index (χ1v) is 10.6. The molecule has 6 atom stereocenters. The van der Waals surface area contributed by atoms with Gasteiger partial charge in [0.25, 0.3) is 0 Å². The van der Waals surface area contributed by atoms with Gasteiger partial charge in [-0.25, -0.2) is 4.79 Å². The Kier molecular flexibility index (Phi) is 7.50. The van der Waals surface area contributed by atoms with Gasteiger partial charge in [-0.3, -0.25) is 9.59 Å². The smallest absolute Gasteiger partial charge is 0.408 e. The van der Waals surface area contributed by atoms with E-state index in [4.69, 9.17) is 14.2 Å². The molecule has 0 aromatic heterocycles. The van der Waals surface area contributed by atoms with E-state index in [1.807, 2.05) is 19.9 Å². The molecule has 0 aromatic carbocycles. The summed E-state index contributed by atoms with van der Waals surface area (Å²) in [5.74, 6) is -0.716. The second kappa shape index (κ2) is 10.1. The molecule has 0 aliphatic carbocycles. The molecule has 0 spiro atoms. The minimum Gasteiger partial charge on any atom is -0.443 e. The van der Waals surface area contributed by atoms with Gasteiger partial charge >= 0.3 is 6.09 Å². The molecule has 3 rings (SSSR count).